The maximum Gasteiger partial charge on any atom is 0.181 e. The fraction of sp³-hybridized carbons (Fsp3) is 0.462. The van der Waals surface area contributed by atoms with Gasteiger partial charge in [0.25, 0.3) is 0 Å². The second-order valence-corrected chi connectivity index (χ2v) is 5.10. The van der Waals surface area contributed by atoms with Crippen LogP contribution in [0.4, 0.5) is 5.69 Å². The summed E-state index contributed by atoms with van der Waals surface area (Å²) >= 11 is 0. The number of aryl methyl sites for hydroxylation is 1. The molecule has 2 aromatic rings. The minimum absolute atomic E-state index is 0.526. The Morgan fingerprint density at radius 3 is 2.89 bits per heavy atom. The zero-order chi connectivity index (χ0) is 13.2. The summed E-state index contributed by atoms with van der Waals surface area (Å²) in [6, 6.07) is 8.77. The molecule has 19 heavy (non-hydrogen) atoms. The summed E-state index contributed by atoms with van der Waals surface area (Å²) in [4.78, 5) is 2.34. The van der Waals surface area contributed by atoms with Crippen LogP contribution in [0.15, 0.2) is 24.3 Å². The first kappa shape index (κ1) is 12.1. The molecule has 0 aliphatic carbocycles. The van der Waals surface area contributed by atoms with Gasteiger partial charge in [0, 0.05) is 30.9 Å². The third-order valence-corrected chi connectivity index (χ3v) is 3.50. The Kier molecular flexibility index (Phi) is 3.16. The smallest absolute Gasteiger partial charge is 0.181 e. The minimum atomic E-state index is 0.526. The Bertz CT molecular complexity index is 564. The van der Waals surface area contributed by atoms with E-state index in [4.69, 9.17) is 0 Å². The van der Waals surface area contributed by atoms with Gasteiger partial charge in [-0.2, -0.15) is 0 Å². The lowest BCUT2D eigenvalue weighted by Crippen LogP contribution is -2.23. The fourth-order valence-corrected chi connectivity index (χ4v) is 2.51. The highest BCUT2D eigenvalue weighted by atomic mass is 15.5. The van der Waals surface area contributed by atoms with E-state index in [9.17, 15) is 0 Å². The van der Waals surface area contributed by atoms with Gasteiger partial charge in [-0.25, -0.2) is 4.68 Å². The number of likely N-dealkylation sites (tertiary alicyclic amines) is 1. The van der Waals surface area contributed by atoms with Crippen LogP contribution >= 0.6 is 0 Å². The van der Waals surface area contributed by atoms with Gasteiger partial charge in [-0.05, 0) is 42.6 Å². The first-order valence-electron chi connectivity index (χ1n) is 6.50. The van der Waals surface area contributed by atoms with Crippen molar-refractivity contribution in [2.45, 2.75) is 12.5 Å². The van der Waals surface area contributed by atoms with Gasteiger partial charge in [-0.1, -0.05) is 12.1 Å². The zero-order valence-corrected chi connectivity index (χ0v) is 11.2. The van der Waals surface area contributed by atoms with Crippen molar-refractivity contribution in [3.8, 4) is 11.4 Å². The van der Waals surface area contributed by atoms with Gasteiger partial charge in [-0.15, -0.1) is 5.10 Å². The van der Waals surface area contributed by atoms with Crippen LogP contribution in [0.1, 0.15) is 6.42 Å². The van der Waals surface area contributed by atoms with Crippen LogP contribution in [0, 0.1) is 0 Å². The lowest BCUT2D eigenvalue weighted by molar-refractivity contribution is 0.414. The number of likely N-dealkylation sites (N-methyl/N-ethyl adjacent to an activating group) is 1. The second kappa shape index (κ2) is 4.97. The summed E-state index contributed by atoms with van der Waals surface area (Å²) in [7, 11) is 4.00. The van der Waals surface area contributed by atoms with Gasteiger partial charge < -0.3 is 10.2 Å². The van der Waals surface area contributed by atoms with Crippen molar-refractivity contribution >= 4 is 5.69 Å². The molecule has 0 radical (unpaired) electrons. The van der Waals surface area contributed by atoms with Gasteiger partial charge in [0.2, 0.25) is 0 Å². The average molecular weight is 258 g/mol. The minimum Gasteiger partial charge on any atom is -0.381 e. The number of rotatable bonds is 3. The van der Waals surface area contributed by atoms with Crippen molar-refractivity contribution in [2.24, 2.45) is 7.05 Å². The predicted molar refractivity (Wildman–Crippen MR) is 73.8 cm³/mol. The summed E-state index contributed by atoms with van der Waals surface area (Å²) in [5.41, 5.74) is 2.16. The highest BCUT2D eigenvalue weighted by molar-refractivity contribution is 5.62. The maximum absolute atomic E-state index is 4.04. The number of tetrazole rings is 1. The Hall–Kier alpha value is -1.95. The van der Waals surface area contributed by atoms with E-state index in [1.165, 1.54) is 6.42 Å². The summed E-state index contributed by atoms with van der Waals surface area (Å²) in [5.74, 6) is 0.784. The molecular formula is C13H18N6. The van der Waals surface area contributed by atoms with E-state index in [0.29, 0.717) is 6.04 Å². The molecule has 0 saturated carbocycles. The van der Waals surface area contributed by atoms with Gasteiger partial charge in [0.15, 0.2) is 5.82 Å². The number of nitrogens with zero attached hydrogens (tertiary/aromatic N) is 5. The summed E-state index contributed by atoms with van der Waals surface area (Å²) in [6.45, 7) is 2.25. The van der Waals surface area contributed by atoms with E-state index in [0.717, 1.165) is 30.2 Å². The van der Waals surface area contributed by atoms with E-state index >= 15 is 0 Å². The van der Waals surface area contributed by atoms with Crippen molar-refractivity contribution < 1.29 is 0 Å². The number of hydrogen-bond donors (Lipinski definition) is 1. The number of anilines is 1. The molecule has 1 unspecified atom stereocenters. The average Bonchev–Trinajstić information content (AvgIpc) is 2.99. The third-order valence-electron chi connectivity index (χ3n) is 3.50. The normalized spacial score (nSPS) is 19.8. The molecule has 1 aliphatic rings. The fourth-order valence-electron chi connectivity index (χ4n) is 2.51. The highest BCUT2D eigenvalue weighted by Gasteiger charge is 2.19. The lowest BCUT2D eigenvalue weighted by Gasteiger charge is -2.14. The molecular weight excluding hydrogens is 240 g/mol. The van der Waals surface area contributed by atoms with Crippen molar-refractivity contribution in [1.29, 1.82) is 0 Å². The first-order chi connectivity index (χ1) is 9.22. The van der Waals surface area contributed by atoms with Gasteiger partial charge >= 0.3 is 0 Å². The van der Waals surface area contributed by atoms with Crippen molar-refractivity contribution in [1.82, 2.24) is 25.1 Å². The SMILES string of the molecule is CN1CCC(Nc2cccc(-c3nnnn3C)c2)C1. The molecule has 1 aromatic heterocycles. The number of aromatic nitrogens is 4. The molecule has 2 heterocycles. The summed E-state index contributed by atoms with van der Waals surface area (Å²) in [6.07, 6.45) is 1.19. The van der Waals surface area contributed by atoms with E-state index in [1.54, 1.807) is 4.68 Å². The Morgan fingerprint density at radius 1 is 1.32 bits per heavy atom. The van der Waals surface area contributed by atoms with E-state index < -0.39 is 0 Å². The third kappa shape index (κ3) is 2.58. The lowest BCUT2D eigenvalue weighted by atomic mass is 10.1. The number of hydrogen-bond acceptors (Lipinski definition) is 5. The molecule has 0 spiro atoms. The van der Waals surface area contributed by atoms with Crippen LogP contribution in [-0.2, 0) is 7.05 Å². The van der Waals surface area contributed by atoms with E-state index in [2.05, 4.69) is 44.9 Å². The molecule has 1 saturated heterocycles. The monoisotopic (exact) mass is 258 g/mol. The van der Waals surface area contributed by atoms with Crippen LogP contribution < -0.4 is 5.32 Å². The molecule has 1 fully saturated rings. The molecule has 6 heteroatoms. The molecule has 1 atom stereocenters. The van der Waals surface area contributed by atoms with Crippen molar-refractivity contribution in [3.63, 3.8) is 0 Å². The Morgan fingerprint density at radius 2 is 2.21 bits per heavy atom. The van der Waals surface area contributed by atoms with E-state index in [1.807, 2.05) is 19.2 Å². The van der Waals surface area contributed by atoms with Crippen LogP contribution in [-0.4, -0.2) is 51.3 Å². The molecule has 0 amide bonds. The van der Waals surface area contributed by atoms with Crippen LogP contribution in [0.5, 0.6) is 0 Å². The van der Waals surface area contributed by atoms with Gasteiger partial charge in [0.05, 0.1) is 0 Å². The Labute approximate surface area is 112 Å². The summed E-state index contributed by atoms with van der Waals surface area (Å²) in [5, 5.41) is 15.2. The molecule has 3 rings (SSSR count). The molecule has 1 N–H and O–H groups in total. The molecule has 6 nitrogen and oxygen atoms in total. The van der Waals surface area contributed by atoms with Crippen LogP contribution in [0.2, 0.25) is 0 Å². The highest BCUT2D eigenvalue weighted by Crippen LogP contribution is 2.21. The molecule has 1 aliphatic heterocycles. The quantitative estimate of drug-likeness (QED) is 0.890. The van der Waals surface area contributed by atoms with Gasteiger partial charge in [0.1, 0.15) is 0 Å². The van der Waals surface area contributed by atoms with Crippen LogP contribution in [0.25, 0.3) is 11.4 Å². The molecule has 1 aromatic carbocycles. The first-order valence-corrected chi connectivity index (χ1v) is 6.50. The van der Waals surface area contributed by atoms with Crippen LogP contribution in [0.3, 0.4) is 0 Å². The summed E-state index contributed by atoms with van der Waals surface area (Å²) < 4.78 is 1.68. The van der Waals surface area contributed by atoms with Crippen molar-refractivity contribution in [2.75, 3.05) is 25.5 Å². The Balaban J connectivity index is 1.79. The maximum atomic E-state index is 4.04. The number of nitrogens with one attached hydrogen (secondary N) is 1. The topological polar surface area (TPSA) is 58.9 Å². The zero-order valence-electron chi connectivity index (χ0n) is 11.2. The van der Waals surface area contributed by atoms with E-state index in [-0.39, 0.29) is 0 Å². The largest absolute Gasteiger partial charge is 0.381 e. The second-order valence-electron chi connectivity index (χ2n) is 5.10. The van der Waals surface area contributed by atoms with Gasteiger partial charge in [-0.3, -0.25) is 0 Å². The predicted octanol–water partition coefficient (Wildman–Crippen LogP) is 0.993. The molecule has 100 valence electrons. The standard InChI is InChI=1S/C13H18N6/c1-18-7-6-12(9-18)14-11-5-3-4-10(8-11)13-15-16-17-19(13)2/h3-5,8,12,14H,6-7,9H2,1-2H3. The van der Waals surface area contributed by atoms with Crippen molar-refractivity contribution in [3.05, 3.63) is 24.3 Å². The number of benzene rings is 1. The molecule has 0 bridgehead atoms.